The summed E-state index contributed by atoms with van der Waals surface area (Å²) in [4.78, 5) is 16.5. The van der Waals surface area contributed by atoms with E-state index in [1.54, 1.807) is 8.61 Å². The fraction of sp³-hybridized carbons (Fsp3) is 0.944. The standard InChI is InChI=1S/C18H34N4O4S/c1-15-4-6-20(7-5-15)18(23)14-19-8-10-21(11-9-19)27(24,25)22-12-16(2)26-17(3)13-22/h15-17H,4-14H2,1-3H3. The van der Waals surface area contributed by atoms with Gasteiger partial charge in [-0.3, -0.25) is 9.69 Å². The zero-order valence-corrected chi connectivity index (χ0v) is 17.7. The smallest absolute Gasteiger partial charge is 0.282 e. The highest BCUT2D eigenvalue weighted by Crippen LogP contribution is 2.19. The fourth-order valence-electron chi connectivity index (χ4n) is 4.15. The molecule has 3 aliphatic heterocycles. The minimum absolute atomic E-state index is 0.0882. The van der Waals surface area contributed by atoms with Crippen LogP contribution in [0.2, 0.25) is 0 Å². The van der Waals surface area contributed by atoms with Crippen LogP contribution in [0.4, 0.5) is 0 Å². The molecule has 0 bridgehead atoms. The quantitative estimate of drug-likeness (QED) is 0.672. The summed E-state index contributed by atoms with van der Waals surface area (Å²) in [6.45, 7) is 11.0. The molecule has 0 radical (unpaired) electrons. The van der Waals surface area contributed by atoms with Crippen LogP contribution < -0.4 is 0 Å². The molecule has 2 atom stereocenters. The number of rotatable bonds is 4. The van der Waals surface area contributed by atoms with E-state index < -0.39 is 10.2 Å². The van der Waals surface area contributed by atoms with Gasteiger partial charge in [0.25, 0.3) is 10.2 Å². The summed E-state index contributed by atoms with van der Waals surface area (Å²) >= 11 is 0. The minimum Gasteiger partial charge on any atom is -0.373 e. The minimum atomic E-state index is -3.46. The number of likely N-dealkylation sites (tertiary alicyclic amines) is 1. The highest BCUT2D eigenvalue weighted by molar-refractivity contribution is 7.86. The Morgan fingerprint density at radius 3 is 2.00 bits per heavy atom. The second kappa shape index (κ2) is 8.73. The van der Waals surface area contributed by atoms with Gasteiger partial charge in [-0.05, 0) is 32.6 Å². The maximum atomic E-state index is 12.9. The van der Waals surface area contributed by atoms with E-state index in [0.29, 0.717) is 51.7 Å². The van der Waals surface area contributed by atoms with Gasteiger partial charge < -0.3 is 9.64 Å². The van der Waals surface area contributed by atoms with Crippen LogP contribution in [0.3, 0.4) is 0 Å². The average molecular weight is 403 g/mol. The summed E-state index contributed by atoms with van der Waals surface area (Å²) in [5.41, 5.74) is 0. The summed E-state index contributed by atoms with van der Waals surface area (Å²) in [5.74, 6) is 0.877. The number of hydrogen-bond acceptors (Lipinski definition) is 5. The van der Waals surface area contributed by atoms with E-state index in [2.05, 4.69) is 11.8 Å². The van der Waals surface area contributed by atoms with Gasteiger partial charge in [0.2, 0.25) is 5.91 Å². The number of piperidine rings is 1. The van der Waals surface area contributed by atoms with Crippen molar-refractivity contribution in [3.05, 3.63) is 0 Å². The number of nitrogens with zero attached hydrogens (tertiary/aromatic N) is 4. The van der Waals surface area contributed by atoms with Crippen LogP contribution in [-0.2, 0) is 19.7 Å². The molecule has 9 heteroatoms. The first-order chi connectivity index (χ1) is 12.8. The van der Waals surface area contributed by atoms with Gasteiger partial charge >= 0.3 is 0 Å². The number of hydrogen-bond donors (Lipinski definition) is 0. The van der Waals surface area contributed by atoms with Crippen molar-refractivity contribution in [2.45, 2.75) is 45.8 Å². The lowest BCUT2D eigenvalue weighted by Crippen LogP contribution is -2.58. The first kappa shape index (κ1) is 21.0. The van der Waals surface area contributed by atoms with E-state index in [0.717, 1.165) is 25.9 Å². The topological polar surface area (TPSA) is 73.4 Å². The van der Waals surface area contributed by atoms with Gasteiger partial charge in [0.1, 0.15) is 0 Å². The molecule has 1 amide bonds. The summed E-state index contributed by atoms with van der Waals surface area (Å²) in [6.07, 6.45) is 1.98. The van der Waals surface area contributed by atoms with Crippen LogP contribution >= 0.6 is 0 Å². The molecule has 3 rings (SSSR count). The molecule has 2 unspecified atom stereocenters. The van der Waals surface area contributed by atoms with E-state index >= 15 is 0 Å². The van der Waals surface area contributed by atoms with Gasteiger partial charge in [0, 0.05) is 52.4 Å². The Hall–Kier alpha value is -0.740. The van der Waals surface area contributed by atoms with E-state index in [1.807, 2.05) is 18.7 Å². The molecule has 0 N–H and O–H groups in total. The maximum absolute atomic E-state index is 12.9. The third-order valence-corrected chi connectivity index (χ3v) is 7.83. The monoisotopic (exact) mass is 402 g/mol. The highest BCUT2D eigenvalue weighted by Gasteiger charge is 2.37. The Bertz CT molecular complexity index is 603. The Morgan fingerprint density at radius 1 is 0.889 bits per heavy atom. The predicted octanol–water partition coefficient (Wildman–Crippen LogP) is 0.217. The molecule has 0 aromatic carbocycles. The molecule has 27 heavy (non-hydrogen) atoms. The molecule has 0 aromatic heterocycles. The van der Waals surface area contributed by atoms with Crippen molar-refractivity contribution >= 4 is 16.1 Å². The normalized spacial score (nSPS) is 30.6. The van der Waals surface area contributed by atoms with E-state index in [-0.39, 0.29) is 18.1 Å². The zero-order chi connectivity index (χ0) is 19.6. The van der Waals surface area contributed by atoms with Gasteiger partial charge in [-0.15, -0.1) is 0 Å². The number of carbonyl (C=O) groups is 1. The third-order valence-electron chi connectivity index (χ3n) is 5.87. The predicted molar refractivity (Wildman–Crippen MR) is 103 cm³/mol. The highest BCUT2D eigenvalue weighted by atomic mass is 32.2. The molecule has 3 heterocycles. The van der Waals surface area contributed by atoms with Gasteiger partial charge in [0.15, 0.2) is 0 Å². The van der Waals surface area contributed by atoms with E-state index in [1.165, 1.54) is 0 Å². The van der Waals surface area contributed by atoms with Crippen LogP contribution in [-0.4, -0.2) is 104 Å². The summed E-state index contributed by atoms with van der Waals surface area (Å²) in [6, 6.07) is 0. The van der Waals surface area contributed by atoms with Crippen molar-refractivity contribution in [1.29, 1.82) is 0 Å². The Labute approximate surface area is 163 Å². The molecular weight excluding hydrogens is 368 g/mol. The molecule has 3 saturated heterocycles. The molecule has 156 valence electrons. The lowest BCUT2D eigenvalue weighted by atomic mass is 9.99. The van der Waals surface area contributed by atoms with Crippen molar-refractivity contribution in [2.75, 3.05) is 58.9 Å². The summed E-state index contributed by atoms with van der Waals surface area (Å²) in [5, 5.41) is 0. The van der Waals surface area contributed by atoms with E-state index in [4.69, 9.17) is 4.74 Å². The van der Waals surface area contributed by atoms with Crippen LogP contribution in [0.25, 0.3) is 0 Å². The lowest BCUT2D eigenvalue weighted by Gasteiger charge is -2.40. The first-order valence-corrected chi connectivity index (χ1v) is 11.6. The molecule has 3 aliphatic rings. The van der Waals surface area contributed by atoms with Gasteiger partial charge in [-0.25, -0.2) is 0 Å². The van der Waals surface area contributed by atoms with Gasteiger partial charge in [0.05, 0.1) is 18.8 Å². The van der Waals surface area contributed by atoms with Gasteiger partial charge in [-0.2, -0.15) is 17.0 Å². The Kier molecular flexibility index (Phi) is 6.79. The van der Waals surface area contributed by atoms with Crippen molar-refractivity contribution in [2.24, 2.45) is 5.92 Å². The van der Waals surface area contributed by atoms with Crippen molar-refractivity contribution in [1.82, 2.24) is 18.4 Å². The SMILES string of the molecule is CC1CCN(C(=O)CN2CCN(S(=O)(=O)N3CC(C)OC(C)C3)CC2)CC1. The largest absolute Gasteiger partial charge is 0.373 e. The van der Waals surface area contributed by atoms with Crippen LogP contribution in [0.15, 0.2) is 0 Å². The number of amides is 1. The Balaban J connectivity index is 1.49. The number of carbonyl (C=O) groups excluding carboxylic acids is 1. The Morgan fingerprint density at radius 2 is 1.44 bits per heavy atom. The maximum Gasteiger partial charge on any atom is 0.282 e. The lowest BCUT2D eigenvalue weighted by molar-refractivity contribution is -0.134. The zero-order valence-electron chi connectivity index (χ0n) is 16.8. The number of morpholine rings is 1. The molecule has 3 fully saturated rings. The molecule has 0 aromatic rings. The molecule has 0 spiro atoms. The fourth-order valence-corrected chi connectivity index (χ4v) is 5.90. The van der Waals surface area contributed by atoms with Crippen molar-refractivity contribution in [3.8, 4) is 0 Å². The number of ether oxygens (including phenoxy) is 1. The third kappa shape index (κ3) is 5.20. The van der Waals surface area contributed by atoms with Crippen LogP contribution in [0.1, 0.15) is 33.6 Å². The van der Waals surface area contributed by atoms with Crippen LogP contribution in [0.5, 0.6) is 0 Å². The second-order valence-corrected chi connectivity index (χ2v) is 10.2. The summed E-state index contributed by atoms with van der Waals surface area (Å²) < 4.78 is 34.6. The van der Waals surface area contributed by atoms with E-state index in [9.17, 15) is 13.2 Å². The molecular formula is C18H34N4O4S. The second-order valence-electron chi connectivity index (χ2n) is 8.32. The van der Waals surface area contributed by atoms with Crippen LogP contribution in [0, 0.1) is 5.92 Å². The van der Waals surface area contributed by atoms with Gasteiger partial charge in [-0.1, -0.05) is 6.92 Å². The van der Waals surface area contributed by atoms with Crippen molar-refractivity contribution in [3.63, 3.8) is 0 Å². The molecule has 8 nitrogen and oxygen atoms in total. The summed E-state index contributed by atoms with van der Waals surface area (Å²) in [7, 11) is -3.46. The number of piperazine rings is 1. The first-order valence-electron chi connectivity index (χ1n) is 10.2. The average Bonchev–Trinajstić information content (AvgIpc) is 2.62. The van der Waals surface area contributed by atoms with Crippen molar-refractivity contribution < 1.29 is 17.9 Å². The molecule has 0 aliphatic carbocycles. The molecule has 0 saturated carbocycles.